The maximum Gasteiger partial charge on any atom is 0.245 e. The van der Waals surface area contributed by atoms with Crippen molar-refractivity contribution in [2.24, 2.45) is 5.92 Å². The number of tetrazole rings is 1. The Balaban J connectivity index is 1.49. The topological polar surface area (TPSA) is 83.1 Å². The molecule has 2 saturated heterocycles. The highest BCUT2D eigenvalue weighted by Crippen LogP contribution is 2.35. The van der Waals surface area contributed by atoms with Gasteiger partial charge in [-0.05, 0) is 37.1 Å². The van der Waals surface area contributed by atoms with E-state index in [-0.39, 0.29) is 0 Å². The lowest BCUT2D eigenvalue weighted by Gasteiger charge is -2.39. The number of hydrogen-bond donors (Lipinski definition) is 0. The van der Waals surface area contributed by atoms with E-state index in [0.717, 1.165) is 44.0 Å². The fraction of sp³-hybridized carbons (Fsp3) is 0.750. The van der Waals surface area contributed by atoms with E-state index in [1.807, 2.05) is 21.8 Å². The van der Waals surface area contributed by atoms with Crippen LogP contribution < -0.4 is 4.90 Å². The summed E-state index contributed by atoms with van der Waals surface area (Å²) in [6.07, 6.45) is 6.08. The van der Waals surface area contributed by atoms with Gasteiger partial charge in [-0.2, -0.15) is 5.10 Å². The predicted molar refractivity (Wildman–Crippen MR) is 90.1 cm³/mol. The Labute approximate surface area is 146 Å². The molecule has 2 fully saturated rings. The first kappa shape index (κ1) is 16.5. The van der Waals surface area contributed by atoms with Crippen molar-refractivity contribution >= 4 is 5.95 Å². The molecule has 2 aliphatic heterocycles. The summed E-state index contributed by atoms with van der Waals surface area (Å²) in [7, 11) is 0. The van der Waals surface area contributed by atoms with Crippen molar-refractivity contribution in [2.75, 3.05) is 31.2 Å². The van der Waals surface area contributed by atoms with Gasteiger partial charge in [0.2, 0.25) is 5.95 Å². The predicted octanol–water partition coefficient (Wildman–Crippen LogP) is 0.917. The summed E-state index contributed by atoms with van der Waals surface area (Å²) in [6.45, 7) is 8.73. The summed E-state index contributed by atoms with van der Waals surface area (Å²) in [4.78, 5) is 2.24. The zero-order valence-electron chi connectivity index (χ0n) is 14.8. The lowest BCUT2D eigenvalue weighted by atomic mass is 9.90. The summed E-state index contributed by atoms with van der Waals surface area (Å²) < 4.78 is 15.5. The van der Waals surface area contributed by atoms with E-state index < -0.39 is 5.79 Å². The molecule has 9 heteroatoms. The third-order valence-electron chi connectivity index (χ3n) is 5.16. The van der Waals surface area contributed by atoms with Crippen LogP contribution in [-0.4, -0.2) is 62.1 Å². The maximum atomic E-state index is 5.87. The molecule has 0 spiro atoms. The standard InChI is InChI=1S/C16H25N7O2/c1-3-22-10-13(9-17-22)11-23-15(18-19-20-23)21-6-4-5-14(12-21)16(2)24-7-8-25-16/h9-10,14H,3-8,11-12H2,1-2H3. The molecular weight excluding hydrogens is 322 g/mol. The number of aromatic nitrogens is 6. The summed E-state index contributed by atoms with van der Waals surface area (Å²) in [5.74, 6) is 0.631. The molecule has 0 amide bonds. The van der Waals surface area contributed by atoms with Crippen LogP contribution in [-0.2, 0) is 22.6 Å². The average Bonchev–Trinajstić information content (AvgIpc) is 3.37. The second-order valence-electron chi connectivity index (χ2n) is 6.84. The number of hydrogen-bond acceptors (Lipinski definition) is 7. The van der Waals surface area contributed by atoms with Gasteiger partial charge in [-0.3, -0.25) is 4.68 Å². The van der Waals surface area contributed by atoms with Crippen molar-refractivity contribution in [1.82, 2.24) is 30.0 Å². The van der Waals surface area contributed by atoms with Gasteiger partial charge in [0, 0.05) is 37.3 Å². The first-order valence-electron chi connectivity index (χ1n) is 8.98. The van der Waals surface area contributed by atoms with E-state index in [0.29, 0.717) is 25.7 Å². The molecule has 1 atom stereocenters. The minimum Gasteiger partial charge on any atom is -0.347 e. The molecule has 0 radical (unpaired) electrons. The second-order valence-corrected chi connectivity index (χ2v) is 6.84. The molecule has 4 heterocycles. The smallest absolute Gasteiger partial charge is 0.245 e. The van der Waals surface area contributed by atoms with Crippen LogP contribution in [0.2, 0.25) is 0 Å². The van der Waals surface area contributed by atoms with Crippen LogP contribution in [0.4, 0.5) is 5.95 Å². The van der Waals surface area contributed by atoms with Crippen LogP contribution >= 0.6 is 0 Å². The molecule has 0 N–H and O–H groups in total. The van der Waals surface area contributed by atoms with E-state index in [1.54, 1.807) is 0 Å². The van der Waals surface area contributed by atoms with Gasteiger partial charge in [0.15, 0.2) is 5.79 Å². The summed E-state index contributed by atoms with van der Waals surface area (Å²) >= 11 is 0. The van der Waals surface area contributed by atoms with Crippen LogP contribution in [0.3, 0.4) is 0 Å². The highest BCUT2D eigenvalue weighted by Gasteiger charge is 2.42. The van der Waals surface area contributed by atoms with Gasteiger partial charge in [0.1, 0.15) is 0 Å². The molecule has 0 saturated carbocycles. The van der Waals surface area contributed by atoms with Crippen LogP contribution in [0.1, 0.15) is 32.3 Å². The maximum absolute atomic E-state index is 5.87. The van der Waals surface area contributed by atoms with Gasteiger partial charge in [0.25, 0.3) is 0 Å². The number of nitrogens with zero attached hydrogens (tertiary/aromatic N) is 7. The van der Waals surface area contributed by atoms with Crippen molar-refractivity contribution < 1.29 is 9.47 Å². The molecule has 9 nitrogen and oxygen atoms in total. The number of piperidine rings is 1. The first-order chi connectivity index (χ1) is 12.2. The molecule has 136 valence electrons. The quantitative estimate of drug-likeness (QED) is 0.795. The fourth-order valence-electron chi connectivity index (χ4n) is 3.72. The van der Waals surface area contributed by atoms with Crippen LogP contribution in [0.15, 0.2) is 12.4 Å². The summed E-state index contributed by atoms with van der Waals surface area (Å²) in [5.41, 5.74) is 1.10. The van der Waals surface area contributed by atoms with E-state index in [9.17, 15) is 0 Å². The summed E-state index contributed by atoms with van der Waals surface area (Å²) in [5, 5.41) is 16.7. The van der Waals surface area contributed by atoms with Gasteiger partial charge < -0.3 is 14.4 Å². The first-order valence-corrected chi connectivity index (χ1v) is 8.98. The lowest BCUT2D eigenvalue weighted by Crippen LogP contribution is -2.47. The highest BCUT2D eigenvalue weighted by atomic mass is 16.7. The molecule has 0 bridgehead atoms. The zero-order chi connectivity index (χ0) is 17.3. The van der Waals surface area contributed by atoms with E-state index in [1.165, 1.54) is 0 Å². The van der Waals surface area contributed by atoms with Crippen molar-refractivity contribution in [3.63, 3.8) is 0 Å². The monoisotopic (exact) mass is 347 g/mol. The lowest BCUT2D eigenvalue weighted by molar-refractivity contribution is -0.182. The number of ether oxygens (including phenoxy) is 2. The molecule has 2 aromatic heterocycles. The Morgan fingerprint density at radius 3 is 2.92 bits per heavy atom. The Kier molecular flexibility index (Phi) is 4.43. The minimum absolute atomic E-state index is 0.316. The highest BCUT2D eigenvalue weighted by molar-refractivity contribution is 5.30. The SMILES string of the molecule is CCn1cc(Cn2nnnc2N2CCCC(C3(C)OCCO3)C2)cn1. The van der Waals surface area contributed by atoms with Crippen LogP contribution in [0.25, 0.3) is 0 Å². The second kappa shape index (κ2) is 6.72. The molecule has 1 unspecified atom stereocenters. The van der Waals surface area contributed by atoms with Gasteiger partial charge in [-0.1, -0.05) is 5.10 Å². The van der Waals surface area contributed by atoms with Crippen LogP contribution in [0, 0.1) is 5.92 Å². The Morgan fingerprint density at radius 1 is 1.32 bits per heavy atom. The largest absolute Gasteiger partial charge is 0.347 e. The van der Waals surface area contributed by atoms with Crippen molar-refractivity contribution in [2.45, 2.75) is 45.6 Å². The Morgan fingerprint density at radius 2 is 2.16 bits per heavy atom. The van der Waals surface area contributed by atoms with Crippen molar-refractivity contribution in [3.05, 3.63) is 18.0 Å². The van der Waals surface area contributed by atoms with Crippen LogP contribution in [0.5, 0.6) is 0 Å². The normalized spacial score (nSPS) is 23.3. The molecule has 4 rings (SSSR count). The molecule has 25 heavy (non-hydrogen) atoms. The van der Waals surface area contributed by atoms with E-state index in [2.05, 4.69) is 39.4 Å². The fourth-order valence-corrected chi connectivity index (χ4v) is 3.72. The minimum atomic E-state index is -0.487. The number of anilines is 1. The van der Waals surface area contributed by atoms with Gasteiger partial charge in [0.05, 0.1) is 26.0 Å². The molecular formula is C16H25N7O2. The molecule has 2 aromatic rings. The zero-order valence-corrected chi connectivity index (χ0v) is 14.8. The van der Waals surface area contributed by atoms with E-state index >= 15 is 0 Å². The Bertz CT molecular complexity index is 707. The third kappa shape index (κ3) is 3.25. The molecule has 0 aromatic carbocycles. The van der Waals surface area contributed by atoms with Gasteiger partial charge >= 0.3 is 0 Å². The third-order valence-corrected chi connectivity index (χ3v) is 5.16. The summed E-state index contributed by atoms with van der Waals surface area (Å²) in [6, 6.07) is 0. The molecule has 2 aliphatic rings. The average molecular weight is 347 g/mol. The van der Waals surface area contributed by atoms with Crippen molar-refractivity contribution in [1.29, 1.82) is 0 Å². The van der Waals surface area contributed by atoms with E-state index in [4.69, 9.17) is 9.47 Å². The van der Waals surface area contributed by atoms with Gasteiger partial charge in [-0.25, -0.2) is 4.68 Å². The number of aryl methyl sites for hydroxylation is 1. The number of rotatable bonds is 5. The van der Waals surface area contributed by atoms with Gasteiger partial charge in [-0.15, -0.1) is 0 Å². The Hall–Kier alpha value is -2.00. The van der Waals surface area contributed by atoms with Crippen molar-refractivity contribution in [3.8, 4) is 0 Å². The molecule has 0 aliphatic carbocycles.